The highest BCUT2D eigenvalue weighted by molar-refractivity contribution is 5.30. The first-order chi connectivity index (χ1) is 14.5. The molecule has 2 aliphatic carbocycles. The summed E-state index contributed by atoms with van der Waals surface area (Å²) in [5.74, 6) is -0.629. The number of hydrogen-bond donors (Lipinski definition) is 1. The van der Waals surface area contributed by atoms with Crippen LogP contribution >= 0.6 is 0 Å². The normalized spacial score (nSPS) is 25.2. The van der Waals surface area contributed by atoms with Gasteiger partial charge in [-0.15, -0.1) is 6.58 Å². The van der Waals surface area contributed by atoms with Crippen molar-refractivity contribution in [2.45, 2.75) is 76.9 Å². The molecule has 2 aromatic rings. The van der Waals surface area contributed by atoms with Gasteiger partial charge in [0.1, 0.15) is 0 Å². The molecule has 1 aromatic heterocycles. The van der Waals surface area contributed by atoms with Crippen molar-refractivity contribution in [2.75, 3.05) is 0 Å². The predicted octanol–water partition coefficient (Wildman–Crippen LogP) is 4.04. The standard InChI is InChI=1S/C24H32N2O4/c1-2-23(16-20(27)17-23)12-6-7-13-24(14-8-9-15-24)18-25-21(28)26(22(29)30-25)19-10-4-3-5-11-19/h2-5,10-11,20,27H,1,6-9,12-18H2. The molecule has 0 spiro atoms. The Kier molecular flexibility index (Phi) is 5.87. The van der Waals surface area contributed by atoms with Crippen LogP contribution in [0, 0.1) is 10.8 Å². The van der Waals surface area contributed by atoms with Gasteiger partial charge in [-0.05, 0) is 61.5 Å². The Morgan fingerprint density at radius 2 is 1.77 bits per heavy atom. The largest absolute Gasteiger partial charge is 0.447 e. The lowest BCUT2D eigenvalue weighted by Gasteiger charge is -2.43. The average molecular weight is 413 g/mol. The van der Waals surface area contributed by atoms with Gasteiger partial charge < -0.3 is 9.63 Å². The van der Waals surface area contributed by atoms with Crippen LogP contribution in [0.15, 0.2) is 57.1 Å². The molecule has 0 amide bonds. The van der Waals surface area contributed by atoms with Crippen molar-refractivity contribution in [3.63, 3.8) is 0 Å². The lowest BCUT2D eigenvalue weighted by atomic mass is 9.64. The minimum Gasteiger partial charge on any atom is -0.393 e. The molecule has 30 heavy (non-hydrogen) atoms. The summed E-state index contributed by atoms with van der Waals surface area (Å²) in [6, 6.07) is 8.92. The fourth-order valence-electron chi connectivity index (χ4n) is 5.50. The summed E-state index contributed by atoms with van der Waals surface area (Å²) in [7, 11) is 0. The minimum absolute atomic E-state index is 0.0170. The summed E-state index contributed by atoms with van der Waals surface area (Å²) in [6.45, 7) is 4.43. The van der Waals surface area contributed by atoms with E-state index in [9.17, 15) is 14.7 Å². The number of allylic oxidation sites excluding steroid dienone is 1. The number of aliphatic hydroxyl groups excluding tert-OH is 1. The van der Waals surface area contributed by atoms with Gasteiger partial charge in [-0.3, -0.25) is 0 Å². The Bertz CT molecular complexity index is 973. The fourth-order valence-corrected chi connectivity index (χ4v) is 5.50. The van der Waals surface area contributed by atoms with E-state index >= 15 is 0 Å². The Balaban J connectivity index is 1.43. The average Bonchev–Trinajstić information content (AvgIpc) is 3.29. The van der Waals surface area contributed by atoms with Crippen molar-refractivity contribution < 1.29 is 9.63 Å². The Morgan fingerprint density at radius 3 is 2.40 bits per heavy atom. The highest BCUT2D eigenvalue weighted by Crippen LogP contribution is 2.48. The molecule has 6 nitrogen and oxygen atoms in total. The second-order valence-corrected chi connectivity index (χ2v) is 9.39. The van der Waals surface area contributed by atoms with E-state index in [1.165, 1.54) is 4.74 Å². The highest BCUT2D eigenvalue weighted by Gasteiger charge is 2.41. The number of aromatic nitrogens is 2. The molecule has 6 heteroatoms. The molecular formula is C24H32N2O4. The third-order valence-electron chi connectivity index (χ3n) is 7.28. The summed E-state index contributed by atoms with van der Waals surface area (Å²) in [4.78, 5) is 25.2. The smallest absolute Gasteiger partial charge is 0.393 e. The maximum Gasteiger partial charge on any atom is 0.447 e. The van der Waals surface area contributed by atoms with Crippen molar-refractivity contribution in [2.24, 2.45) is 10.8 Å². The van der Waals surface area contributed by atoms with Crippen LogP contribution in [0.25, 0.3) is 5.69 Å². The second-order valence-electron chi connectivity index (χ2n) is 9.39. The second kappa shape index (κ2) is 8.42. The van der Waals surface area contributed by atoms with E-state index < -0.39 is 11.4 Å². The molecule has 1 aromatic carbocycles. The van der Waals surface area contributed by atoms with E-state index in [-0.39, 0.29) is 16.9 Å². The van der Waals surface area contributed by atoms with Crippen LogP contribution < -0.4 is 11.4 Å². The van der Waals surface area contributed by atoms with Crippen LogP contribution in [0.3, 0.4) is 0 Å². The lowest BCUT2D eigenvalue weighted by Crippen LogP contribution is -2.39. The molecule has 4 rings (SSSR count). The van der Waals surface area contributed by atoms with Crippen molar-refractivity contribution in [1.82, 2.24) is 9.31 Å². The monoisotopic (exact) mass is 412 g/mol. The van der Waals surface area contributed by atoms with Crippen LogP contribution in [-0.4, -0.2) is 20.5 Å². The Labute approximate surface area is 176 Å². The van der Waals surface area contributed by atoms with E-state index in [0.29, 0.717) is 12.2 Å². The van der Waals surface area contributed by atoms with E-state index in [1.807, 2.05) is 12.1 Å². The van der Waals surface area contributed by atoms with Gasteiger partial charge in [-0.25, -0.2) is 9.59 Å². The highest BCUT2D eigenvalue weighted by atomic mass is 16.5. The van der Waals surface area contributed by atoms with Gasteiger partial charge in [0.25, 0.3) is 0 Å². The van der Waals surface area contributed by atoms with Gasteiger partial charge in [-0.2, -0.15) is 9.31 Å². The Morgan fingerprint density at radius 1 is 1.10 bits per heavy atom. The van der Waals surface area contributed by atoms with Crippen molar-refractivity contribution in [3.05, 3.63) is 64.0 Å². The molecule has 0 aliphatic heterocycles. The molecule has 2 fully saturated rings. The topological polar surface area (TPSA) is 77.4 Å². The summed E-state index contributed by atoms with van der Waals surface area (Å²) in [5, 5.41) is 9.66. The summed E-state index contributed by atoms with van der Waals surface area (Å²) < 4.78 is 7.76. The maximum atomic E-state index is 12.9. The van der Waals surface area contributed by atoms with Crippen LogP contribution in [0.5, 0.6) is 0 Å². The zero-order valence-corrected chi connectivity index (χ0v) is 17.6. The molecule has 0 unspecified atom stereocenters. The van der Waals surface area contributed by atoms with Gasteiger partial charge in [-0.1, -0.05) is 50.0 Å². The zero-order chi connectivity index (χ0) is 21.2. The molecule has 0 bridgehead atoms. The lowest BCUT2D eigenvalue weighted by molar-refractivity contribution is -0.00803. The fraction of sp³-hybridized carbons (Fsp3) is 0.583. The molecule has 0 atom stereocenters. The van der Waals surface area contributed by atoms with Crippen LogP contribution in [0.1, 0.15) is 64.2 Å². The molecule has 0 radical (unpaired) electrons. The predicted molar refractivity (Wildman–Crippen MR) is 116 cm³/mol. The number of nitrogens with zero attached hydrogens (tertiary/aromatic N) is 2. The number of unbranched alkanes of at least 4 members (excludes halogenated alkanes) is 1. The molecule has 1 heterocycles. The van der Waals surface area contributed by atoms with E-state index in [1.54, 1.807) is 24.3 Å². The van der Waals surface area contributed by atoms with Crippen LogP contribution in [-0.2, 0) is 6.54 Å². The quantitative estimate of drug-likeness (QED) is 0.498. The molecule has 1 N–H and O–H groups in total. The summed E-state index contributed by atoms with van der Waals surface area (Å²) >= 11 is 0. The van der Waals surface area contributed by atoms with Gasteiger partial charge in [0.2, 0.25) is 0 Å². The van der Waals surface area contributed by atoms with Crippen LogP contribution in [0.4, 0.5) is 0 Å². The Hall–Kier alpha value is -2.34. The third kappa shape index (κ3) is 4.10. The van der Waals surface area contributed by atoms with Gasteiger partial charge in [0.05, 0.1) is 18.3 Å². The third-order valence-corrected chi connectivity index (χ3v) is 7.28. The first kappa shape index (κ1) is 20.9. The van der Waals surface area contributed by atoms with Crippen molar-refractivity contribution in [1.29, 1.82) is 0 Å². The summed E-state index contributed by atoms with van der Waals surface area (Å²) in [5.41, 5.74) is 0.265. The van der Waals surface area contributed by atoms with Crippen molar-refractivity contribution in [3.8, 4) is 5.69 Å². The van der Waals surface area contributed by atoms with E-state index in [2.05, 4.69) is 6.58 Å². The number of hydrogen-bond acceptors (Lipinski definition) is 4. The van der Waals surface area contributed by atoms with Gasteiger partial charge in [0, 0.05) is 0 Å². The first-order valence-corrected chi connectivity index (χ1v) is 11.2. The number of para-hydroxylation sites is 1. The molecule has 2 saturated carbocycles. The van der Waals surface area contributed by atoms with Crippen molar-refractivity contribution >= 4 is 0 Å². The number of aliphatic hydroxyl groups is 1. The van der Waals surface area contributed by atoms with E-state index in [4.69, 9.17) is 4.52 Å². The maximum absolute atomic E-state index is 12.9. The number of benzene rings is 1. The van der Waals surface area contributed by atoms with E-state index in [0.717, 1.165) is 68.8 Å². The molecule has 162 valence electrons. The van der Waals surface area contributed by atoms with Crippen LogP contribution in [0.2, 0.25) is 0 Å². The first-order valence-electron chi connectivity index (χ1n) is 11.2. The number of rotatable bonds is 9. The van der Waals surface area contributed by atoms with Gasteiger partial charge in [0.15, 0.2) is 0 Å². The molecule has 2 aliphatic rings. The molecule has 0 saturated heterocycles. The van der Waals surface area contributed by atoms with Gasteiger partial charge >= 0.3 is 11.4 Å². The minimum atomic E-state index is -0.629. The summed E-state index contributed by atoms with van der Waals surface area (Å²) in [6.07, 6.45) is 12.2. The zero-order valence-electron chi connectivity index (χ0n) is 17.6. The molecular weight excluding hydrogens is 380 g/mol. The SMILES string of the molecule is C=CC1(CCCCC2(Cn3oc(=O)n(-c4ccccc4)c3=O)CCCC2)CC(O)C1.